The second-order valence-corrected chi connectivity index (χ2v) is 8.16. The van der Waals surface area contributed by atoms with Gasteiger partial charge in [-0.25, -0.2) is 9.48 Å². The topological polar surface area (TPSA) is 89.2 Å². The zero-order chi connectivity index (χ0) is 22.7. The maximum absolute atomic E-state index is 12.3. The van der Waals surface area contributed by atoms with Gasteiger partial charge in [0.25, 0.3) is 0 Å². The molecule has 1 aliphatic rings. The van der Waals surface area contributed by atoms with Gasteiger partial charge in [-0.2, -0.15) is 10.4 Å². The van der Waals surface area contributed by atoms with Crippen LogP contribution in [0.3, 0.4) is 0 Å². The van der Waals surface area contributed by atoms with E-state index in [0.717, 1.165) is 12.0 Å². The van der Waals surface area contributed by atoms with E-state index < -0.39 is 6.09 Å². The molecule has 0 saturated heterocycles. The lowest BCUT2D eigenvalue weighted by molar-refractivity contribution is 0.111. The summed E-state index contributed by atoms with van der Waals surface area (Å²) in [4.78, 5) is 12.3. The normalized spacial score (nSPS) is 15.3. The maximum Gasteiger partial charge on any atom is 0.407 e. The van der Waals surface area contributed by atoms with Gasteiger partial charge < -0.3 is 14.8 Å². The first-order valence-electron chi connectivity index (χ1n) is 10.5. The van der Waals surface area contributed by atoms with Crippen molar-refractivity contribution in [3.05, 3.63) is 64.8 Å². The average molecular weight is 451 g/mol. The molecule has 0 spiro atoms. The number of nitrogens with zero attached hydrogens (tertiary/aromatic N) is 3. The maximum atomic E-state index is 12.3. The molecule has 0 radical (unpaired) electrons. The molecule has 0 aliphatic carbocycles. The molecule has 8 heteroatoms. The first-order valence-corrected chi connectivity index (χ1v) is 10.8. The highest BCUT2D eigenvalue weighted by molar-refractivity contribution is 6.32. The number of halogens is 1. The number of nitriles is 1. The Bertz CT molecular complexity index is 1160. The number of benzene rings is 2. The van der Waals surface area contributed by atoms with Crippen molar-refractivity contribution in [3.8, 4) is 28.8 Å². The van der Waals surface area contributed by atoms with Gasteiger partial charge in [-0.05, 0) is 51.0 Å². The number of alkyl carbamates (subject to hydrolysis) is 1. The van der Waals surface area contributed by atoms with Crippen LogP contribution in [0.25, 0.3) is 16.9 Å². The number of aromatic nitrogens is 2. The Morgan fingerprint density at radius 3 is 2.72 bits per heavy atom. The quantitative estimate of drug-likeness (QED) is 0.573. The minimum atomic E-state index is -0.495. The Balaban J connectivity index is 1.87. The van der Waals surface area contributed by atoms with E-state index in [0.29, 0.717) is 46.4 Å². The molecular formula is C24H23ClN4O3. The number of carbonyl (C=O) groups is 1. The standard InChI is InChI=1S/C24H23ClN4O3/c1-15(2)32-24(30)27-19-7-5-13-31-23-21(19)28-29(20-8-4-3-6-18(20)25)22(23)17-11-9-16(14-26)10-12-17/h3-4,6,8-12,15,19H,5,7,13H2,1-2H3,(H,27,30). The van der Waals surface area contributed by atoms with Crippen molar-refractivity contribution >= 4 is 17.7 Å². The predicted molar refractivity (Wildman–Crippen MR) is 121 cm³/mol. The summed E-state index contributed by atoms with van der Waals surface area (Å²) in [6.45, 7) is 4.09. The molecule has 0 bridgehead atoms. The third kappa shape index (κ3) is 4.41. The zero-order valence-electron chi connectivity index (χ0n) is 17.8. The van der Waals surface area contributed by atoms with Crippen molar-refractivity contribution in [1.29, 1.82) is 5.26 Å². The lowest BCUT2D eigenvalue weighted by Crippen LogP contribution is -2.31. The van der Waals surface area contributed by atoms with Crippen molar-refractivity contribution in [3.63, 3.8) is 0 Å². The zero-order valence-corrected chi connectivity index (χ0v) is 18.6. The van der Waals surface area contributed by atoms with Crippen LogP contribution in [0, 0.1) is 11.3 Å². The number of nitrogens with one attached hydrogen (secondary N) is 1. The van der Waals surface area contributed by atoms with E-state index in [4.69, 9.17) is 26.2 Å². The van der Waals surface area contributed by atoms with Crippen molar-refractivity contribution in [2.45, 2.75) is 38.8 Å². The van der Waals surface area contributed by atoms with Gasteiger partial charge >= 0.3 is 6.09 Å². The fourth-order valence-corrected chi connectivity index (χ4v) is 3.89. The highest BCUT2D eigenvalue weighted by Gasteiger charge is 2.31. The third-order valence-electron chi connectivity index (χ3n) is 5.08. The Morgan fingerprint density at radius 2 is 2.03 bits per heavy atom. The van der Waals surface area contributed by atoms with Crippen LogP contribution >= 0.6 is 11.6 Å². The molecule has 0 saturated carbocycles. The summed E-state index contributed by atoms with van der Waals surface area (Å²) in [5.74, 6) is 0.585. The minimum absolute atomic E-state index is 0.230. The van der Waals surface area contributed by atoms with Crippen LogP contribution in [-0.4, -0.2) is 28.6 Å². The lowest BCUT2D eigenvalue weighted by Gasteiger charge is -2.16. The largest absolute Gasteiger partial charge is 0.489 e. The Hall–Kier alpha value is -3.50. The molecule has 164 valence electrons. The number of rotatable bonds is 4. The third-order valence-corrected chi connectivity index (χ3v) is 5.40. The molecule has 2 aromatic carbocycles. The summed E-state index contributed by atoms with van der Waals surface area (Å²) in [6.07, 6.45) is 0.686. The fraction of sp³-hybridized carbons (Fsp3) is 0.292. The molecule has 1 amide bonds. The number of hydrogen-bond donors (Lipinski definition) is 1. The van der Waals surface area contributed by atoms with Gasteiger partial charge in [0, 0.05) is 5.56 Å². The van der Waals surface area contributed by atoms with Gasteiger partial charge in [-0.15, -0.1) is 0 Å². The van der Waals surface area contributed by atoms with Crippen LogP contribution in [0.4, 0.5) is 4.79 Å². The molecule has 7 nitrogen and oxygen atoms in total. The van der Waals surface area contributed by atoms with Gasteiger partial charge in [0.15, 0.2) is 5.75 Å². The number of hydrogen-bond acceptors (Lipinski definition) is 5. The summed E-state index contributed by atoms with van der Waals surface area (Å²) < 4.78 is 13.2. The van der Waals surface area contributed by atoms with E-state index in [1.54, 1.807) is 36.7 Å². The molecule has 3 aromatic rings. The number of amides is 1. The van der Waals surface area contributed by atoms with Crippen molar-refractivity contribution in [1.82, 2.24) is 15.1 Å². The second kappa shape index (κ2) is 9.33. The van der Waals surface area contributed by atoms with Crippen LogP contribution < -0.4 is 10.1 Å². The van der Waals surface area contributed by atoms with Crippen LogP contribution in [0.2, 0.25) is 5.02 Å². The molecule has 1 atom stereocenters. The summed E-state index contributed by atoms with van der Waals surface area (Å²) >= 11 is 6.51. The highest BCUT2D eigenvalue weighted by atomic mass is 35.5. The van der Waals surface area contributed by atoms with E-state index in [2.05, 4.69) is 11.4 Å². The van der Waals surface area contributed by atoms with Gasteiger partial charge in [-0.3, -0.25) is 0 Å². The van der Waals surface area contributed by atoms with Crippen LogP contribution in [0.1, 0.15) is 44.0 Å². The molecule has 1 N–H and O–H groups in total. The first-order chi connectivity index (χ1) is 15.5. The molecule has 1 aromatic heterocycles. The van der Waals surface area contributed by atoms with Crippen molar-refractivity contribution < 1.29 is 14.3 Å². The monoisotopic (exact) mass is 450 g/mol. The van der Waals surface area contributed by atoms with E-state index in [9.17, 15) is 10.1 Å². The van der Waals surface area contributed by atoms with E-state index in [1.165, 1.54) is 0 Å². The lowest BCUT2D eigenvalue weighted by atomic mass is 10.0. The second-order valence-electron chi connectivity index (χ2n) is 7.76. The molecule has 1 unspecified atom stereocenters. The smallest absolute Gasteiger partial charge is 0.407 e. The Labute approximate surface area is 191 Å². The fourth-order valence-electron chi connectivity index (χ4n) is 3.67. The van der Waals surface area contributed by atoms with E-state index in [-0.39, 0.29) is 12.1 Å². The van der Waals surface area contributed by atoms with Gasteiger partial charge in [-0.1, -0.05) is 35.9 Å². The molecular weight excluding hydrogens is 428 g/mol. The van der Waals surface area contributed by atoms with Crippen LogP contribution in [0.5, 0.6) is 5.75 Å². The minimum Gasteiger partial charge on any atom is -0.489 e. The van der Waals surface area contributed by atoms with Gasteiger partial charge in [0.1, 0.15) is 11.4 Å². The summed E-state index contributed by atoms with van der Waals surface area (Å²) in [5.41, 5.74) is 3.39. The summed E-state index contributed by atoms with van der Waals surface area (Å²) in [6, 6.07) is 16.4. The van der Waals surface area contributed by atoms with E-state index in [1.807, 2.05) is 30.3 Å². The van der Waals surface area contributed by atoms with Gasteiger partial charge in [0.2, 0.25) is 0 Å². The number of fused-ring (bicyclic) bond motifs is 1. The first kappa shape index (κ1) is 21.7. The van der Waals surface area contributed by atoms with Crippen LogP contribution in [-0.2, 0) is 4.74 Å². The molecule has 2 heterocycles. The SMILES string of the molecule is CC(C)OC(=O)NC1CCCOc2c1nn(-c1ccccc1Cl)c2-c1ccc(C#N)cc1. The summed E-state index contributed by atoms with van der Waals surface area (Å²) in [5, 5.41) is 17.5. The molecule has 0 fully saturated rings. The Morgan fingerprint density at radius 1 is 1.28 bits per heavy atom. The molecule has 32 heavy (non-hydrogen) atoms. The number of para-hydroxylation sites is 1. The van der Waals surface area contributed by atoms with Gasteiger partial charge in [0.05, 0.1) is 41.1 Å². The summed E-state index contributed by atoms with van der Waals surface area (Å²) in [7, 11) is 0. The number of carbonyl (C=O) groups excluding carboxylic acids is 1. The Kier molecular flexibility index (Phi) is 6.33. The molecule has 4 rings (SSSR count). The molecule has 1 aliphatic heterocycles. The predicted octanol–water partition coefficient (Wildman–Crippen LogP) is 5.41. The van der Waals surface area contributed by atoms with Crippen molar-refractivity contribution in [2.75, 3.05) is 6.61 Å². The average Bonchev–Trinajstić information content (AvgIpc) is 3.04. The van der Waals surface area contributed by atoms with Crippen molar-refractivity contribution in [2.24, 2.45) is 0 Å². The van der Waals surface area contributed by atoms with E-state index >= 15 is 0 Å². The number of ether oxygens (including phenoxy) is 2. The highest BCUT2D eigenvalue weighted by Crippen LogP contribution is 2.41. The van der Waals surface area contributed by atoms with Crippen LogP contribution in [0.15, 0.2) is 48.5 Å².